The van der Waals surface area contributed by atoms with Crippen LogP contribution in [0.5, 0.6) is 0 Å². The lowest BCUT2D eigenvalue weighted by molar-refractivity contribution is 0.975. The number of hydrogen-bond acceptors (Lipinski definition) is 1. The summed E-state index contributed by atoms with van der Waals surface area (Å²) in [5.41, 5.74) is 12.4. The minimum Gasteiger partial charge on any atom is -0.398 e. The first-order valence-electron chi connectivity index (χ1n) is 6.34. The van der Waals surface area contributed by atoms with Crippen LogP contribution in [0.15, 0.2) is 70.5 Å². The molecule has 0 saturated carbocycles. The third-order valence-electron chi connectivity index (χ3n) is 3.60. The van der Waals surface area contributed by atoms with Crippen LogP contribution < -0.4 is 5.73 Å². The maximum atomic E-state index is 6.15. The summed E-state index contributed by atoms with van der Waals surface area (Å²) in [6, 6.07) is 0. The van der Waals surface area contributed by atoms with Gasteiger partial charge in [-0.15, -0.1) is 0 Å². The van der Waals surface area contributed by atoms with Gasteiger partial charge in [0.1, 0.15) is 0 Å². The standard InChI is InChI=1S/C16H16BrN/c17-12-7-9-16(18)15(10-12)14-8-6-11-4-2-1-3-5-13(11)14/h2-5,7-9,12H,1,6,10,18H2. The van der Waals surface area contributed by atoms with Crippen LogP contribution in [-0.4, -0.2) is 4.83 Å². The Morgan fingerprint density at radius 3 is 2.89 bits per heavy atom. The van der Waals surface area contributed by atoms with Crippen molar-refractivity contribution in [3.05, 3.63) is 70.5 Å². The van der Waals surface area contributed by atoms with Gasteiger partial charge in [-0.05, 0) is 47.6 Å². The molecule has 1 unspecified atom stereocenters. The minimum absolute atomic E-state index is 0.399. The van der Waals surface area contributed by atoms with Crippen LogP contribution in [0.25, 0.3) is 0 Å². The van der Waals surface area contributed by atoms with Crippen molar-refractivity contribution in [3.8, 4) is 0 Å². The topological polar surface area (TPSA) is 26.0 Å². The SMILES string of the molecule is NC1=C(C2=CCC3=C2C=CCC=C3)CC(Br)C=C1. The first-order valence-corrected chi connectivity index (χ1v) is 7.25. The van der Waals surface area contributed by atoms with Gasteiger partial charge >= 0.3 is 0 Å². The van der Waals surface area contributed by atoms with Gasteiger partial charge < -0.3 is 5.73 Å². The lowest BCUT2D eigenvalue weighted by Crippen LogP contribution is -2.11. The Bertz CT molecular complexity index is 556. The molecule has 1 nitrogen and oxygen atoms in total. The van der Waals surface area contributed by atoms with Crippen molar-refractivity contribution < 1.29 is 0 Å². The molecule has 0 aromatic heterocycles. The summed E-state index contributed by atoms with van der Waals surface area (Å²) in [7, 11) is 0. The molecule has 2 N–H and O–H groups in total. The van der Waals surface area contributed by atoms with Crippen LogP contribution in [-0.2, 0) is 0 Å². The lowest BCUT2D eigenvalue weighted by Gasteiger charge is -2.19. The quantitative estimate of drug-likeness (QED) is 0.726. The molecule has 3 rings (SSSR count). The van der Waals surface area contributed by atoms with Gasteiger partial charge in [0, 0.05) is 10.5 Å². The van der Waals surface area contributed by atoms with E-state index >= 15 is 0 Å². The maximum Gasteiger partial charge on any atom is 0.0370 e. The van der Waals surface area contributed by atoms with Crippen molar-refractivity contribution in [1.82, 2.24) is 0 Å². The average Bonchev–Trinajstić information content (AvgIpc) is 2.61. The fraction of sp³-hybridized carbons (Fsp3) is 0.250. The van der Waals surface area contributed by atoms with Crippen molar-refractivity contribution in [1.29, 1.82) is 0 Å². The zero-order chi connectivity index (χ0) is 12.5. The molecule has 1 atom stereocenters. The van der Waals surface area contributed by atoms with Crippen molar-refractivity contribution in [2.24, 2.45) is 5.73 Å². The van der Waals surface area contributed by atoms with Gasteiger partial charge in [0.15, 0.2) is 0 Å². The highest BCUT2D eigenvalue weighted by Gasteiger charge is 2.22. The first kappa shape index (κ1) is 11.8. The van der Waals surface area contributed by atoms with Gasteiger partial charge in [-0.1, -0.05) is 52.4 Å². The molecule has 0 heterocycles. The summed E-state index contributed by atoms with van der Waals surface area (Å²) >= 11 is 3.65. The van der Waals surface area contributed by atoms with E-state index in [1.54, 1.807) is 0 Å². The van der Waals surface area contributed by atoms with E-state index in [4.69, 9.17) is 5.73 Å². The van der Waals surface area contributed by atoms with Gasteiger partial charge in [0.25, 0.3) is 0 Å². The number of allylic oxidation sites excluding steroid dienone is 11. The second kappa shape index (κ2) is 4.77. The van der Waals surface area contributed by atoms with E-state index < -0.39 is 0 Å². The second-order valence-corrected chi connectivity index (χ2v) is 5.99. The molecular formula is C16H16BrN. The predicted octanol–water partition coefficient (Wildman–Crippen LogP) is 4.07. The van der Waals surface area contributed by atoms with Gasteiger partial charge in [0.2, 0.25) is 0 Å². The van der Waals surface area contributed by atoms with Crippen molar-refractivity contribution >= 4 is 15.9 Å². The molecule has 0 aliphatic heterocycles. The number of nitrogens with two attached hydrogens (primary N) is 1. The molecule has 0 radical (unpaired) electrons. The summed E-state index contributed by atoms with van der Waals surface area (Å²) in [6.45, 7) is 0. The van der Waals surface area contributed by atoms with E-state index in [0.717, 1.165) is 25.0 Å². The van der Waals surface area contributed by atoms with E-state index in [-0.39, 0.29) is 0 Å². The Balaban J connectivity index is 2.01. The molecule has 18 heavy (non-hydrogen) atoms. The Labute approximate surface area is 116 Å². The molecule has 0 saturated heterocycles. The molecule has 2 heteroatoms. The molecule has 0 spiro atoms. The highest BCUT2D eigenvalue weighted by Crippen LogP contribution is 2.38. The molecule has 3 aliphatic rings. The monoisotopic (exact) mass is 301 g/mol. The van der Waals surface area contributed by atoms with E-state index in [9.17, 15) is 0 Å². The van der Waals surface area contributed by atoms with Crippen LogP contribution in [0.2, 0.25) is 0 Å². The zero-order valence-corrected chi connectivity index (χ0v) is 11.8. The summed E-state index contributed by atoms with van der Waals surface area (Å²) in [5, 5.41) is 0. The zero-order valence-electron chi connectivity index (χ0n) is 10.2. The third kappa shape index (κ3) is 2.05. The third-order valence-corrected chi connectivity index (χ3v) is 4.22. The Morgan fingerprint density at radius 2 is 2.00 bits per heavy atom. The van der Waals surface area contributed by atoms with E-state index in [2.05, 4.69) is 52.4 Å². The average molecular weight is 302 g/mol. The minimum atomic E-state index is 0.399. The number of rotatable bonds is 1. The highest BCUT2D eigenvalue weighted by molar-refractivity contribution is 9.09. The van der Waals surface area contributed by atoms with Gasteiger partial charge in [0.05, 0.1) is 0 Å². The van der Waals surface area contributed by atoms with Crippen molar-refractivity contribution in [3.63, 3.8) is 0 Å². The smallest absolute Gasteiger partial charge is 0.0370 e. The van der Waals surface area contributed by atoms with Crippen LogP contribution in [0.1, 0.15) is 19.3 Å². The van der Waals surface area contributed by atoms with E-state index in [1.807, 2.05) is 6.08 Å². The molecule has 0 aromatic rings. The van der Waals surface area contributed by atoms with Gasteiger partial charge in [-0.2, -0.15) is 0 Å². The normalized spacial score (nSPS) is 26.5. The Kier molecular flexibility index (Phi) is 3.13. The molecule has 0 amide bonds. The molecular weight excluding hydrogens is 286 g/mol. The van der Waals surface area contributed by atoms with Crippen molar-refractivity contribution in [2.45, 2.75) is 24.1 Å². The second-order valence-electron chi connectivity index (χ2n) is 4.81. The number of hydrogen-bond donors (Lipinski definition) is 1. The van der Waals surface area contributed by atoms with E-state index in [1.165, 1.54) is 22.3 Å². The van der Waals surface area contributed by atoms with Crippen LogP contribution in [0, 0.1) is 0 Å². The Morgan fingerprint density at radius 1 is 1.17 bits per heavy atom. The first-order chi connectivity index (χ1) is 8.75. The molecule has 0 aromatic carbocycles. The predicted molar refractivity (Wildman–Crippen MR) is 80.3 cm³/mol. The highest BCUT2D eigenvalue weighted by atomic mass is 79.9. The lowest BCUT2D eigenvalue weighted by atomic mass is 9.91. The summed E-state index contributed by atoms with van der Waals surface area (Å²) < 4.78 is 0. The van der Waals surface area contributed by atoms with Crippen LogP contribution >= 0.6 is 15.9 Å². The number of alkyl halides is 1. The summed E-state index contributed by atoms with van der Waals surface area (Å²) in [5.74, 6) is 0. The number of halogens is 1. The fourth-order valence-corrected chi connectivity index (χ4v) is 3.15. The fourth-order valence-electron chi connectivity index (χ4n) is 2.68. The molecule has 92 valence electrons. The largest absolute Gasteiger partial charge is 0.398 e. The summed E-state index contributed by atoms with van der Waals surface area (Å²) in [4.78, 5) is 0.399. The molecule has 0 bridgehead atoms. The van der Waals surface area contributed by atoms with Gasteiger partial charge in [-0.25, -0.2) is 0 Å². The summed E-state index contributed by atoms with van der Waals surface area (Å²) in [6.07, 6.45) is 18.4. The van der Waals surface area contributed by atoms with Crippen LogP contribution in [0.3, 0.4) is 0 Å². The van der Waals surface area contributed by atoms with E-state index in [0.29, 0.717) is 4.83 Å². The van der Waals surface area contributed by atoms with Gasteiger partial charge in [-0.3, -0.25) is 0 Å². The molecule has 3 aliphatic carbocycles. The molecule has 0 fully saturated rings. The van der Waals surface area contributed by atoms with Crippen LogP contribution in [0.4, 0.5) is 0 Å². The maximum absolute atomic E-state index is 6.15. The van der Waals surface area contributed by atoms with Crippen molar-refractivity contribution in [2.75, 3.05) is 0 Å². The Hall–Kier alpha value is -1.28.